The average molecular weight is 301 g/mol. The topological polar surface area (TPSA) is 35.8 Å². The molecule has 1 aromatic carbocycles. The van der Waals surface area contributed by atoms with Crippen LogP contribution in [-0.2, 0) is 6.54 Å². The van der Waals surface area contributed by atoms with Crippen molar-refractivity contribution in [2.45, 2.75) is 26.3 Å². The Morgan fingerprint density at radius 2 is 2.05 bits per heavy atom. The first kappa shape index (κ1) is 14.6. The standard InChI is InChI=1S/C14H18Cl2N2O/c1-2-10-8-18(7-6-14(10)17-19)9-11-12(15)4-3-5-13(11)16/h3-5,10,19H,2,6-9H2,1H3/b17-14+. The van der Waals surface area contributed by atoms with Crippen molar-refractivity contribution >= 4 is 28.9 Å². The quantitative estimate of drug-likeness (QED) is 0.675. The lowest BCUT2D eigenvalue weighted by molar-refractivity contribution is 0.220. The molecular weight excluding hydrogens is 283 g/mol. The molecular formula is C14H18Cl2N2O. The molecule has 3 nitrogen and oxygen atoms in total. The molecule has 0 bridgehead atoms. The summed E-state index contributed by atoms with van der Waals surface area (Å²) >= 11 is 12.4. The second kappa shape index (κ2) is 6.60. The SMILES string of the molecule is CCC1CN(Cc2c(Cl)cccc2Cl)CC/C1=N\O. The molecule has 0 saturated carbocycles. The number of oxime groups is 1. The summed E-state index contributed by atoms with van der Waals surface area (Å²) in [6.07, 6.45) is 1.78. The molecule has 0 aromatic heterocycles. The van der Waals surface area contributed by atoms with E-state index in [0.29, 0.717) is 16.0 Å². The van der Waals surface area contributed by atoms with Crippen molar-refractivity contribution in [2.75, 3.05) is 13.1 Å². The van der Waals surface area contributed by atoms with Crippen LogP contribution in [0.15, 0.2) is 23.4 Å². The molecule has 2 rings (SSSR count). The number of piperidine rings is 1. The largest absolute Gasteiger partial charge is 0.411 e. The van der Waals surface area contributed by atoms with E-state index < -0.39 is 0 Å². The summed E-state index contributed by atoms with van der Waals surface area (Å²) in [7, 11) is 0. The molecule has 1 N–H and O–H groups in total. The van der Waals surface area contributed by atoms with Crippen molar-refractivity contribution in [2.24, 2.45) is 11.1 Å². The van der Waals surface area contributed by atoms with Crippen LogP contribution in [0.25, 0.3) is 0 Å². The minimum absolute atomic E-state index is 0.319. The van der Waals surface area contributed by atoms with Gasteiger partial charge in [0.2, 0.25) is 0 Å². The van der Waals surface area contributed by atoms with E-state index in [0.717, 1.165) is 43.8 Å². The number of likely N-dealkylation sites (tertiary alicyclic amines) is 1. The van der Waals surface area contributed by atoms with Crippen LogP contribution in [0.4, 0.5) is 0 Å². The van der Waals surface area contributed by atoms with E-state index in [2.05, 4.69) is 17.0 Å². The van der Waals surface area contributed by atoms with Gasteiger partial charge in [0, 0.05) is 47.6 Å². The second-order valence-electron chi connectivity index (χ2n) is 4.88. The van der Waals surface area contributed by atoms with Gasteiger partial charge in [-0.2, -0.15) is 0 Å². The van der Waals surface area contributed by atoms with Crippen LogP contribution in [0.1, 0.15) is 25.3 Å². The smallest absolute Gasteiger partial charge is 0.0627 e. The molecule has 1 aliphatic rings. The van der Waals surface area contributed by atoms with Crippen molar-refractivity contribution in [3.63, 3.8) is 0 Å². The van der Waals surface area contributed by atoms with Crippen molar-refractivity contribution in [1.82, 2.24) is 4.90 Å². The van der Waals surface area contributed by atoms with Gasteiger partial charge in [-0.1, -0.05) is 41.3 Å². The van der Waals surface area contributed by atoms with E-state index in [1.54, 1.807) is 0 Å². The Morgan fingerprint density at radius 3 is 2.63 bits per heavy atom. The summed E-state index contributed by atoms with van der Waals surface area (Å²) < 4.78 is 0. The van der Waals surface area contributed by atoms with E-state index in [-0.39, 0.29) is 0 Å². The molecule has 104 valence electrons. The molecule has 19 heavy (non-hydrogen) atoms. The van der Waals surface area contributed by atoms with Crippen molar-refractivity contribution in [3.05, 3.63) is 33.8 Å². The summed E-state index contributed by atoms with van der Waals surface area (Å²) in [5.41, 5.74) is 1.88. The first-order valence-corrected chi connectivity index (χ1v) is 7.27. The van der Waals surface area contributed by atoms with E-state index in [1.165, 1.54) is 0 Å². The first-order chi connectivity index (χ1) is 9.15. The monoisotopic (exact) mass is 300 g/mol. The van der Waals surface area contributed by atoms with Crippen molar-refractivity contribution < 1.29 is 5.21 Å². The van der Waals surface area contributed by atoms with E-state index in [1.807, 2.05) is 18.2 Å². The fraction of sp³-hybridized carbons (Fsp3) is 0.500. The van der Waals surface area contributed by atoms with Crippen LogP contribution in [0, 0.1) is 5.92 Å². The average Bonchev–Trinajstić information content (AvgIpc) is 2.42. The van der Waals surface area contributed by atoms with Gasteiger partial charge in [0.15, 0.2) is 0 Å². The molecule has 1 heterocycles. The van der Waals surface area contributed by atoms with Gasteiger partial charge < -0.3 is 5.21 Å². The number of halogens is 2. The molecule has 1 unspecified atom stereocenters. The van der Waals surface area contributed by atoms with Crippen LogP contribution in [0.5, 0.6) is 0 Å². The van der Waals surface area contributed by atoms with Gasteiger partial charge in [-0.15, -0.1) is 0 Å². The number of nitrogens with zero attached hydrogens (tertiary/aromatic N) is 2. The van der Waals surface area contributed by atoms with Gasteiger partial charge >= 0.3 is 0 Å². The zero-order valence-corrected chi connectivity index (χ0v) is 12.5. The summed E-state index contributed by atoms with van der Waals surface area (Å²) in [4.78, 5) is 2.32. The predicted molar refractivity (Wildman–Crippen MR) is 79.4 cm³/mol. The third-order valence-corrected chi connectivity index (χ3v) is 4.41. The zero-order chi connectivity index (χ0) is 13.8. The number of rotatable bonds is 3. The van der Waals surface area contributed by atoms with Crippen molar-refractivity contribution in [3.8, 4) is 0 Å². The highest BCUT2D eigenvalue weighted by atomic mass is 35.5. The zero-order valence-electron chi connectivity index (χ0n) is 10.9. The minimum Gasteiger partial charge on any atom is -0.411 e. The Bertz CT molecular complexity index is 456. The molecule has 1 aliphatic heterocycles. The predicted octanol–water partition coefficient (Wildman–Crippen LogP) is 4.06. The van der Waals surface area contributed by atoms with Crippen LogP contribution >= 0.6 is 23.2 Å². The van der Waals surface area contributed by atoms with Crippen LogP contribution < -0.4 is 0 Å². The van der Waals surface area contributed by atoms with Gasteiger partial charge in [0.1, 0.15) is 0 Å². The Morgan fingerprint density at radius 1 is 1.37 bits per heavy atom. The fourth-order valence-electron chi connectivity index (χ4n) is 2.53. The molecule has 5 heteroatoms. The first-order valence-electron chi connectivity index (χ1n) is 6.51. The highest BCUT2D eigenvalue weighted by Crippen LogP contribution is 2.27. The molecule has 1 fully saturated rings. The normalized spacial score (nSPS) is 22.9. The molecule has 1 atom stereocenters. The summed E-state index contributed by atoms with van der Waals surface area (Å²) in [5, 5.41) is 13.8. The van der Waals surface area contributed by atoms with Gasteiger partial charge in [-0.25, -0.2) is 0 Å². The van der Waals surface area contributed by atoms with Crippen LogP contribution in [0.3, 0.4) is 0 Å². The maximum atomic E-state index is 8.98. The Balaban J connectivity index is 2.09. The van der Waals surface area contributed by atoms with Crippen LogP contribution in [0.2, 0.25) is 10.0 Å². The lowest BCUT2D eigenvalue weighted by Gasteiger charge is -2.33. The van der Waals surface area contributed by atoms with Crippen molar-refractivity contribution in [1.29, 1.82) is 0 Å². The van der Waals surface area contributed by atoms with Gasteiger partial charge in [-0.05, 0) is 18.6 Å². The van der Waals surface area contributed by atoms with Gasteiger partial charge in [0.05, 0.1) is 5.71 Å². The van der Waals surface area contributed by atoms with E-state index in [9.17, 15) is 0 Å². The molecule has 1 saturated heterocycles. The molecule has 0 aliphatic carbocycles. The molecule has 0 spiro atoms. The Kier molecular flexibility index (Phi) is 5.08. The maximum Gasteiger partial charge on any atom is 0.0627 e. The second-order valence-corrected chi connectivity index (χ2v) is 5.70. The number of benzene rings is 1. The summed E-state index contributed by atoms with van der Waals surface area (Å²) in [6, 6.07) is 5.59. The summed E-state index contributed by atoms with van der Waals surface area (Å²) in [6.45, 7) is 4.62. The minimum atomic E-state index is 0.319. The Hall–Kier alpha value is -0.770. The fourth-order valence-corrected chi connectivity index (χ4v) is 3.05. The molecule has 1 aromatic rings. The van der Waals surface area contributed by atoms with Crippen LogP contribution in [-0.4, -0.2) is 28.9 Å². The lowest BCUT2D eigenvalue weighted by Crippen LogP contribution is -2.40. The summed E-state index contributed by atoms with van der Waals surface area (Å²) in [5.74, 6) is 0.319. The third kappa shape index (κ3) is 3.41. The van der Waals surface area contributed by atoms with E-state index in [4.69, 9.17) is 28.4 Å². The highest BCUT2D eigenvalue weighted by Gasteiger charge is 2.25. The Labute approximate surface area is 123 Å². The van der Waals surface area contributed by atoms with E-state index >= 15 is 0 Å². The lowest BCUT2D eigenvalue weighted by atomic mass is 9.93. The third-order valence-electron chi connectivity index (χ3n) is 3.70. The molecule has 0 amide bonds. The van der Waals surface area contributed by atoms with Gasteiger partial charge in [-0.3, -0.25) is 4.90 Å². The number of hydrogen-bond donors (Lipinski definition) is 1. The van der Waals surface area contributed by atoms with Gasteiger partial charge in [0.25, 0.3) is 0 Å². The highest BCUT2D eigenvalue weighted by molar-refractivity contribution is 6.35. The number of hydrogen-bond acceptors (Lipinski definition) is 3. The maximum absolute atomic E-state index is 8.98. The molecule has 0 radical (unpaired) electrons.